The molecule has 3 aromatic heterocycles. The fourth-order valence-corrected chi connectivity index (χ4v) is 7.96. The summed E-state index contributed by atoms with van der Waals surface area (Å²) in [6, 6.07) is 48.6. The summed E-state index contributed by atoms with van der Waals surface area (Å²) in [6.07, 6.45) is 0. The van der Waals surface area contributed by atoms with Gasteiger partial charge in [-0.15, -0.1) is 11.3 Å². The van der Waals surface area contributed by atoms with E-state index >= 15 is 0 Å². The highest BCUT2D eigenvalue weighted by atomic mass is 32.1. The number of fused-ring (bicyclic) bond motifs is 10. The van der Waals surface area contributed by atoms with E-state index < -0.39 is 0 Å². The standard InChI is InChI=1S/C41H23N3OS/c1-2-8-25(9-3-1)39-42-40(44-41(43-39)28-18-20-31-30-10-4-6-12-34(30)45-35(31)23-28)27-17-19-29-26(22-27)15-14-24-16-21-33-32-11-5-7-13-36(32)46-38(33)37(24)29/h1-23H. The van der Waals surface area contributed by atoms with Crippen molar-refractivity contribution < 1.29 is 4.42 Å². The molecule has 0 spiro atoms. The number of aromatic nitrogens is 3. The first-order chi connectivity index (χ1) is 22.8. The lowest BCUT2D eigenvalue weighted by atomic mass is 9.98. The molecule has 10 rings (SSSR count). The molecule has 4 nitrogen and oxygen atoms in total. The first-order valence-corrected chi connectivity index (χ1v) is 16.1. The summed E-state index contributed by atoms with van der Waals surface area (Å²) in [5.74, 6) is 1.88. The highest BCUT2D eigenvalue weighted by Crippen LogP contribution is 2.41. The molecular formula is C41H23N3OS. The Balaban J connectivity index is 1.17. The lowest BCUT2D eigenvalue weighted by Gasteiger charge is -2.10. The van der Waals surface area contributed by atoms with Gasteiger partial charge in [-0.1, -0.05) is 109 Å². The van der Waals surface area contributed by atoms with Gasteiger partial charge in [-0.05, 0) is 46.5 Å². The minimum Gasteiger partial charge on any atom is -0.456 e. The molecule has 0 bridgehead atoms. The smallest absolute Gasteiger partial charge is 0.164 e. The number of benzene rings is 7. The second-order valence-corrected chi connectivity index (χ2v) is 12.7. The van der Waals surface area contributed by atoms with Crippen molar-refractivity contribution in [1.29, 1.82) is 0 Å². The summed E-state index contributed by atoms with van der Waals surface area (Å²) in [7, 11) is 0. The van der Waals surface area contributed by atoms with Crippen LogP contribution >= 0.6 is 11.3 Å². The maximum atomic E-state index is 6.21. The van der Waals surface area contributed by atoms with Crippen LogP contribution in [0.4, 0.5) is 0 Å². The Hall–Kier alpha value is -5.91. The van der Waals surface area contributed by atoms with Gasteiger partial charge in [0.2, 0.25) is 0 Å². The van der Waals surface area contributed by atoms with Crippen LogP contribution in [0.5, 0.6) is 0 Å². The molecule has 10 aromatic rings. The molecule has 0 fully saturated rings. The molecule has 0 atom stereocenters. The van der Waals surface area contributed by atoms with Gasteiger partial charge in [0.15, 0.2) is 17.5 Å². The fraction of sp³-hybridized carbons (Fsp3) is 0. The molecule has 0 radical (unpaired) electrons. The number of nitrogens with zero attached hydrogens (tertiary/aromatic N) is 3. The quantitative estimate of drug-likeness (QED) is 0.188. The van der Waals surface area contributed by atoms with Crippen molar-refractivity contribution in [3.8, 4) is 34.2 Å². The van der Waals surface area contributed by atoms with Crippen LogP contribution in [0.2, 0.25) is 0 Å². The van der Waals surface area contributed by atoms with Crippen LogP contribution in [-0.2, 0) is 0 Å². The van der Waals surface area contributed by atoms with E-state index in [1.54, 1.807) is 0 Å². The van der Waals surface area contributed by atoms with Crippen LogP contribution in [-0.4, -0.2) is 15.0 Å². The molecule has 0 amide bonds. The zero-order valence-electron chi connectivity index (χ0n) is 24.4. The van der Waals surface area contributed by atoms with Crippen molar-refractivity contribution in [2.75, 3.05) is 0 Å². The Labute approximate surface area is 267 Å². The van der Waals surface area contributed by atoms with Crippen molar-refractivity contribution in [2.24, 2.45) is 0 Å². The van der Waals surface area contributed by atoms with Crippen molar-refractivity contribution in [1.82, 2.24) is 15.0 Å². The Kier molecular flexibility index (Phi) is 5.41. The fourth-order valence-electron chi connectivity index (χ4n) is 6.68. The molecule has 214 valence electrons. The monoisotopic (exact) mass is 605 g/mol. The molecule has 0 N–H and O–H groups in total. The minimum atomic E-state index is 0.608. The van der Waals surface area contributed by atoms with E-state index in [2.05, 4.69) is 84.9 Å². The van der Waals surface area contributed by atoms with E-state index in [1.807, 2.05) is 65.9 Å². The predicted molar refractivity (Wildman–Crippen MR) is 191 cm³/mol. The zero-order chi connectivity index (χ0) is 30.2. The molecule has 0 aliphatic carbocycles. The molecule has 5 heteroatoms. The molecule has 46 heavy (non-hydrogen) atoms. The number of furan rings is 1. The van der Waals surface area contributed by atoms with Crippen LogP contribution in [0.15, 0.2) is 144 Å². The normalized spacial score (nSPS) is 11.9. The number of para-hydroxylation sites is 1. The highest BCUT2D eigenvalue weighted by Gasteiger charge is 2.16. The largest absolute Gasteiger partial charge is 0.456 e. The van der Waals surface area contributed by atoms with Crippen molar-refractivity contribution in [3.05, 3.63) is 140 Å². The lowest BCUT2D eigenvalue weighted by Crippen LogP contribution is -2.00. The average Bonchev–Trinajstić information content (AvgIpc) is 3.69. The molecule has 7 aromatic carbocycles. The summed E-state index contributed by atoms with van der Waals surface area (Å²) in [5, 5.41) is 9.71. The summed E-state index contributed by atoms with van der Waals surface area (Å²) >= 11 is 1.87. The second kappa shape index (κ2) is 9.80. The van der Waals surface area contributed by atoms with Crippen LogP contribution in [0, 0.1) is 0 Å². The third kappa shape index (κ3) is 3.89. The van der Waals surface area contributed by atoms with Gasteiger partial charge in [-0.25, -0.2) is 15.0 Å². The third-order valence-electron chi connectivity index (χ3n) is 8.91. The van der Waals surface area contributed by atoms with Crippen LogP contribution < -0.4 is 0 Å². The number of hydrogen-bond acceptors (Lipinski definition) is 5. The van der Waals surface area contributed by atoms with Crippen LogP contribution in [0.25, 0.3) is 97.8 Å². The highest BCUT2D eigenvalue weighted by molar-refractivity contribution is 7.26. The van der Waals surface area contributed by atoms with Crippen molar-refractivity contribution in [2.45, 2.75) is 0 Å². The molecule has 0 aliphatic rings. The SMILES string of the molecule is c1ccc(-c2nc(-c3ccc4c(ccc5ccc6c7ccccc7sc6c54)c3)nc(-c3ccc4c(c3)oc3ccccc34)n2)cc1. The van der Waals surface area contributed by atoms with Gasteiger partial charge >= 0.3 is 0 Å². The van der Waals surface area contributed by atoms with E-state index in [0.29, 0.717) is 17.5 Å². The molecule has 0 unspecified atom stereocenters. The number of thiophene rings is 1. The summed E-state index contributed by atoms with van der Waals surface area (Å²) in [4.78, 5) is 15.0. The first-order valence-electron chi connectivity index (χ1n) is 15.3. The minimum absolute atomic E-state index is 0.608. The Morgan fingerprint density at radius 2 is 1.02 bits per heavy atom. The maximum absolute atomic E-state index is 6.21. The van der Waals surface area contributed by atoms with Crippen LogP contribution in [0.3, 0.4) is 0 Å². The molecule has 0 saturated carbocycles. The van der Waals surface area contributed by atoms with Gasteiger partial charge in [0.05, 0.1) is 0 Å². The Morgan fingerprint density at radius 1 is 0.413 bits per heavy atom. The van der Waals surface area contributed by atoms with Gasteiger partial charge in [0, 0.05) is 53.0 Å². The summed E-state index contributed by atoms with van der Waals surface area (Å²) in [5.41, 5.74) is 4.45. The average molecular weight is 606 g/mol. The van der Waals surface area contributed by atoms with E-state index in [-0.39, 0.29) is 0 Å². The molecular weight excluding hydrogens is 583 g/mol. The maximum Gasteiger partial charge on any atom is 0.164 e. The van der Waals surface area contributed by atoms with E-state index in [1.165, 1.54) is 36.3 Å². The Morgan fingerprint density at radius 3 is 1.87 bits per heavy atom. The second-order valence-electron chi connectivity index (χ2n) is 11.6. The van der Waals surface area contributed by atoms with Crippen molar-refractivity contribution in [3.63, 3.8) is 0 Å². The molecule has 0 aliphatic heterocycles. The predicted octanol–water partition coefficient (Wildman–Crippen LogP) is 11.4. The number of rotatable bonds is 3. The van der Waals surface area contributed by atoms with Gasteiger partial charge in [0.25, 0.3) is 0 Å². The third-order valence-corrected chi connectivity index (χ3v) is 10.1. The number of hydrogen-bond donors (Lipinski definition) is 0. The van der Waals surface area contributed by atoms with Gasteiger partial charge in [-0.3, -0.25) is 0 Å². The Bertz CT molecular complexity index is 2820. The molecule has 3 heterocycles. The van der Waals surface area contributed by atoms with E-state index in [9.17, 15) is 0 Å². The van der Waals surface area contributed by atoms with Crippen LogP contribution in [0.1, 0.15) is 0 Å². The van der Waals surface area contributed by atoms with E-state index in [0.717, 1.165) is 44.0 Å². The summed E-state index contributed by atoms with van der Waals surface area (Å²) in [6.45, 7) is 0. The van der Waals surface area contributed by atoms with Gasteiger partial charge in [-0.2, -0.15) is 0 Å². The zero-order valence-corrected chi connectivity index (χ0v) is 25.3. The van der Waals surface area contributed by atoms with Gasteiger partial charge in [0.1, 0.15) is 11.2 Å². The summed E-state index contributed by atoms with van der Waals surface area (Å²) < 4.78 is 8.84. The topological polar surface area (TPSA) is 51.8 Å². The van der Waals surface area contributed by atoms with E-state index in [4.69, 9.17) is 19.4 Å². The lowest BCUT2D eigenvalue weighted by molar-refractivity contribution is 0.669. The van der Waals surface area contributed by atoms with Gasteiger partial charge < -0.3 is 4.42 Å². The van der Waals surface area contributed by atoms with Crippen molar-refractivity contribution >= 4 is 75.0 Å². The molecule has 0 saturated heterocycles. The first kappa shape index (κ1) is 25.4.